The van der Waals surface area contributed by atoms with Gasteiger partial charge in [-0.3, -0.25) is 19.5 Å². The highest BCUT2D eigenvalue weighted by Crippen LogP contribution is 2.12. The van der Waals surface area contributed by atoms with Crippen LogP contribution in [0.5, 0.6) is 0 Å². The summed E-state index contributed by atoms with van der Waals surface area (Å²) in [5.41, 5.74) is 1.58. The van der Waals surface area contributed by atoms with Crippen molar-refractivity contribution in [2.24, 2.45) is 0 Å². The van der Waals surface area contributed by atoms with Gasteiger partial charge in [0.05, 0.1) is 0 Å². The van der Waals surface area contributed by atoms with Gasteiger partial charge in [0.15, 0.2) is 0 Å². The molecule has 0 radical (unpaired) electrons. The molecule has 4 heteroatoms. The second-order valence-electron chi connectivity index (χ2n) is 3.73. The van der Waals surface area contributed by atoms with Gasteiger partial charge in [-0.1, -0.05) is 0 Å². The lowest BCUT2D eigenvalue weighted by Gasteiger charge is -2.13. The van der Waals surface area contributed by atoms with E-state index < -0.39 is 0 Å². The lowest BCUT2D eigenvalue weighted by atomic mass is 10.2. The van der Waals surface area contributed by atoms with Crippen LogP contribution in [0.25, 0.3) is 0 Å². The van der Waals surface area contributed by atoms with Crippen LogP contribution in [0.1, 0.15) is 12.5 Å². The SMILES string of the molecule is CC1=CC(=O)N(CCc2ccncc2)C1=O. The summed E-state index contributed by atoms with van der Waals surface area (Å²) >= 11 is 0. The molecule has 0 spiro atoms. The number of aromatic nitrogens is 1. The highest BCUT2D eigenvalue weighted by Gasteiger charge is 2.27. The summed E-state index contributed by atoms with van der Waals surface area (Å²) in [5, 5.41) is 0. The van der Waals surface area contributed by atoms with Crippen molar-refractivity contribution in [3.63, 3.8) is 0 Å². The minimum atomic E-state index is -0.212. The summed E-state index contributed by atoms with van der Waals surface area (Å²) < 4.78 is 0. The van der Waals surface area contributed by atoms with Gasteiger partial charge in [-0.05, 0) is 31.0 Å². The third-order valence-corrected chi connectivity index (χ3v) is 2.56. The maximum atomic E-state index is 11.6. The third kappa shape index (κ3) is 2.00. The highest BCUT2D eigenvalue weighted by molar-refractivity contribution is 6.15. The van der Waals surface area contributed by atoms with Crippen LogP contribution >= 0.6 is 0 Å². The van der Waals surface area contributed by atoms with E-state index >= 15 is 0 Å². The maximum Gasteiger partial charge on any atom is 0.256 e. The average molecular weight is 216 g/mol. The number of hydrogen-bond donors (Lipinski definition) is 0. The van der Waals surface area contributed by atoms with Gasteiger partial charge in [-0.2, -0.15) is 0 Å². The summed E-state index contributed by atoms with van der Waals surface area (Å²) in [4.78, 5) is 28.2. The smallest absolute Gasteiger partial charge is 0.256 e. The molecule has 0 aliphatic carbocycles. The largest absolute Gasteiger partial charge is 0.275 e. The van der Waals surface area contributed by atoms with E-state index in [1.807, 2.05) is 12.1 Å². The summed E-state index contributed by atoms with van der Waals surface area (Å²) in [7, 11) is 0. The fourth-order valence-electron chi connectivity index (χ4n) is 1.64. The molecule has 1 aromatic heterocycles. The molecule has 4 nitrogen and oxygen atoms in total. The fourth-order valence-corrected chi connectivity index (χ4v) is 1.64. The Kier molecular flexibility index (Phi) is 2.81. The molecule has 2 heterocycles. The lowest BCUT2D eigenvalue weighted by Crippen LogP contribution is -2.32. The predicted molar refractivity (Wildman–Crippen MR) is 58.4 cm³/mol. The first-order valence-corrected chi connectivity index (χ1v) is 5.11. The van der Waals surface area contributed by atoms with Crippen LogP contribution in [-0.4, -0.2) is 28.2 Å². The Morgan fingerprint density at radius 3 is 2.50 bits per heavy atom. The Labute approximate surface area is 93.6 Å². The van der Waals surface area contributed by atoms with Gasteiger partial charge in [0, 0.05) is 30.6 Å². The first kappa shape index (κ1) is 10.5. The molecule has 0 atom stereocenters. The number of hydrogen-bond acceptors (Lipinski definition) is 3. The molecule has 0 saturated carbocycles. The first-order chi connectivity index (χ1) is 7.68. The maximum absolute atomic E-state index is 11.6. The molecule has 2 rings (SSSR count). The molecule has 16 heavy (non-hydrogen) atoms. The topological polar surface area (TPSA) is 50.3 Å². The molecule has 1 aliphatic heterocycles. The summed E-state index contributed by atoms with van der Waals surface area (Å²) in [5.74, 6) is -0.393. The average Bonchev–Trinajstić information content (AvgIpc) is 2.53. The Hall–Kier alpha value is -1.97. The molecule has 0 fully saturated rings. The summed E-state index contributed by atoms with van der Waals surface area (Å²) in [6.45, 7) is 2.09. The quantitative estimate of drug-likeness (QED) is 0.706. The zero-order valence-electron chi connectivity index (χ0n) is 9.01. The zero-order chi connectivity index (χ0) is 11.5. The van der Waals surface area contributed by atoms with Gasteiger partial charge < -0.3 is 0 Å². The van der Waals surface area contributed by atoms with Gasteiger partial charge >= 0.3 is 0 Å². The van der Waals surface area contributed by atoms with Crippen LogP contribution in [0.15, 0.2) is 36.2 Å². The van der Waals surface area contributed by atoms with Crippen LogP contribution < -0.4 is 0 Å². The molecule has 2 amide bonds. The van der Waals surface area contributed by atoms with E-state index in [2.05, 4.69) is 4.98 Å². The lowest BCUT2D eigenvalue weighted by molar-refractivity contribution is -0.137. The normalized spacial score (nSPS) is 15.6. The number of pyridine rings is 1. The van der Waals surface area contributed by atoms with Crippen molar-refractivity contribution < 1.29 is 9.59 Å². The van der Waals surface area contributed by atoms with Gasteiger partial charge in [0.2, 0.25) is 0 Å². The highest BCUT2D eigenvalue weighted by atomic mass is 16.2. The molecule has 0 aromatic carbocycles. The second-order valence-corrected chi connectivity index (χ2v) is 3.73. The van der Waals surface area contributed by atoms with E-state index in [4.69, 9.17) is 0 Å². The number of carbonyl (C=O) groups is 2. The van der Waals surface area contributed by atoms with Gasteiger partial charge in [-0.25, -0.2) is 0 Å². The van der Waals surface area contributed by atoms with E-state index in [1.54, 1.807) is 19.3 Å². The molecule has 0 bridgehead atoms. The number of rotatable bonds is 3. The first-order valence-electron chi connectivity index (χ1n) is 5.11. The van der Waals surface area contributed by atoms with Crippen molar-refractivity contribution in [1.82, 2.24) is 9.88 Å². The molecular weight excluding hydrogens is 204 g/mol. The van der Waals surface area contributed by atoms with Crippen LogP contribution in [-0.2, 0) is 16.0 Å². The number of amides is 2. The van der Waals surface area contributed by atoms with Crippen molar-refractivity contribution in [1.29, 1.82) is 0 Å². The molecular formula is C12H12N2O2. The molecule has 1 aliphatic rings. The molecule has 0 N–H and O–H groups in total. The molecule has 0 unspecified atom stereocenters. The third-order valence-electron chi connectivity index (χ3n) is 2.56. The van der Waals surface area contributed by atoms with Crippen molar-refractivity contribution in [3.05, 3.63) is 41.7 Å². The monoisotopic (exact) mass is 216 g/mol. The number of nitrogens with zero attached hydrogens (tertiary/aromatic N) is 2. The minimum Gasteiger partial charge on any atom is -0.275 e. The van der Waals surface area contributed by atoms with Crippen molar-refractivity contribution in [3.8, 4) is 0 Å². The predicted octanol–water partition coefficient (Wildman–Crippen LogP) is 0.939. The Morgan fingerprint density at radius 2 is 1.94 bits per heavy atom. The van der Waals surface area contributed by atoms with E-state index in [1.165, 1.54) is 11.0 Å². The van der Waals surface area contributed by atoms with E-state index in [9.17, 15) is 9.59 Å². The van der Waals surface area contributed by atoms with Crippen LogP contribution in [0.3, 0.4) is 0 Å². The van der Waals surface area contributed by atoms with Gasteiger partial charge in [0.1, 0.15) is 0 Å². The Bertz CT molecular complexity index is 451. The van der Waals surface area contributed by atoms with Crippen molar-refractivity contribution >= 4 is 11.8 Å². The number of carbonyl (C=O) groups excluding carboxylic acids is 2. The van der Waals surface area contributed by atoms with Gasteiger partial charge in [-0.15, -0.1) is 0 Å². The molecule has 82 valence electrons. The summed E-state index contributed by atoms with van der Waals surface area (Å²) in [6, 6.07) is 3.76. The molecule has 1 aromatic rings. The molecule has 0 saturated heterocycles. The van der Waals surface area contributed by atoms with Crippen LogP contribution in [0, 0.1) is 0 Å². The van der Waals surface area contributed by atoms with Crippen LogP contribution in [0.4, 0.5) is 0 Å². The van der Waals surface area contributed by atoms with Crippen LogP contribution in [0.2, 0.25) is 0 Å². The second kappa shape index (κ2) is 4.26. The van der Waals surface area contributed by atoms with Crippen molar-refractivity contribution in [2.75, 3.05) is 6.54 Å². The minimum absolute atomic E-state index is 0.181. The fraction of sp³-hybridized carbons (Fsp3) is 0.250. The standard InChI is InChI=1S/C12H12N2O2/c1-9-8-11(15)14(12(9)16)7-4-10-2-5-13-6-3-10/h2-3,5-6,8H,4,7H2,1H3. The Morgan fingerprint density at radius 1 is 1.25 bits per heavy atom. The van der Waals surface area contributed by atoms with E-state index in [0.717, 1.165) is 5.56 Å². The zero-order valence-corrected chi connectivity index (χ0v) is 9.01. The van der Waals surface area contributed by atoms with E-state index in [0.29, 0.717) is 18.5 Å². The van der Waals surface area contributed by atoms with E-state index in [-0.39, 0.29) is 11.8 Å². The Balaban J connectivity index is 1.98. The summed E-state index contributed by atoms with van der Waals surface area (Å²) in [6.07, 6.45) is 5.45. The number of imide groups is 1. The van der Waals surface area contributed by atoms with Gasteiger partial charge in [0.25, 0.3) is 11.8 Å². The van der Waals surface area contributed by atoms with Crippen molar-refractivity contribution in [2.45, 2.75) is 13.3 Å².